The predicted octanol–water partition coefficient (Wildman–Crippen LogP) is 4.46. The molecule has 0 aliphatic heterocycles. The van der Waals surface area contributed by atoms with Crippen molar-refractivity contribution in [3.05, 3.63) is 65.7 Å². The van der Waals surface area contributed by atoms with Gasteiger partial charge in [0, 0.05) is 0 Å². The van der Waals surface area contributed by atoms with Crippen molar-refractivity contribution in [2.45, 2.75) is 24.7 Å². The van der Waals surface area contributed by atoms with E-state index in [1.54, 1.807) is 24.3 Å². The molecule has 2 nitrogen and oxygen atoms in total. The number of halogens is 5. The Morgan fingerprint density at radius 3 is 2.17 bits per heavy atom. The molecule has 0 aromatic heterocycles. The lowest BCUT2D eigenvalue weighted by Crippen LogP contribution is -2.45. The van der Waals surface area contributed by atoms with Crippen LogP contribution in [0.2, 0.25) is 0 Å². The highest BCUT2D eigenvalue weighted by molar-refractivity contribution is 5.32. The minimum Gasteiger partial charge on any atom is -0.489 e. The first-order chi connectivity index (χ1) is 10.7. The Kier molecular flexibility index (Phi) is 4.89. The fourth-order valence-corrected chi connectivity index (χ4v) is 1.92. The first-order valence-corrected chi connectivity index (χ1v) is 6.68. The van der Waals surface area contributed by atoms with E-state index in [1.165, 1.54) is 12.1 Å². The van der Waals surface area contributed by atoms with Gasteiger partial charge in [0.05, 0.1) is 0 Å². The van der Waals surface area contributed by atoms with E-state index >= 15 is 0 Å². The number of ether oxygens (including phenoxy) is 1. The second kappa shape index (κ2) is 6.54. The summed E-state index contributed by atoms with van der Waals surface area (Å²) >= 11 is 0. The molecule has 0 saturated carbocycles. The summed E-state index contributed by atoms with van der Waals surface area (Å²) in [5.41, 5.74) is 5.60. The third kappa shape index (κ3) is 3.98. The van der Waals surface area contributed by atoms with E-state index in [9.17, 15) is 22.0 Å². The van der Waals surface area contributed by atoms with E-state index in [-0.39, 0.29) is 17.9 Å². The van der Waals surface area contributed by atoms with E-state index in [4.69, 9.17) is 10.5 Å². The molecule has 2 aromatic rings. The van der Waals surface area contributed by atoms with Crippen LogP contribution < -0.4 is 10.5 Å². The first kappa shape index (κ1) is 17.2. The molecule has 2 rings (SSSR count). The second-order valence-corrected chi connectivity index (χ2v) is 4.95. The Bertz CT molecular complexity index is 642. The molecular formula is C16H14F5NO. The predicted molar refractivity (Wildman–Crippen MR) is 75.1 cm³/mol. The van der Waals surface area contributed by atoms with E-state index in [2.05, 4.69) is 0 Å². The van der Waals surface area contributed by atoms with Gasteiger partial charge < -0.3 is 10.5 Å². The summed E-state index contributed by atoms with van der Waals surface area (Å²) < 4.78 is 69.1. The molecule has 2 N–H and O–H groups in total. The van der Waals surface area contributed by atoms with Crippen LogP contribution >= 0.6 is 0 Å². The van der Waals surface area contributed by atoms with Crippen molar-refractivity contribution in [3.63, 3.8) is 0 Å². The summed E-state index contributed by atoms with van der Waals surface area (Å²) in [6.07, 6.45) is -5.71. The van der Waals surface area contributed by atoms with Crippen molar-refractivity contribution in [1.29, 1.82) is 0 Å². The van der Waals surface area contributed by atoms with Crippen LogP contribution in [-0.2, 0) is 6.61 Å². The van der Waals surface area contributed by atoms with Crippen molar-refractivity contribution >= 4 is 0 Å². The SMILES string of the molecule is N[C@@H](c1cccc(OCc2ccccc2)c1)C(F)(F)C(F)(F)F. The molecule has 23 heavy (non-hydrogen) atoms. The van der Waals surface area contributed by atoms with Crippen LogP contribution in [0.15, 0.2) is 54.6 Å². The molecule has 1 atom stereocenters. The molecule has 0 aliphatic rings. The highest BCUT2D eigenvalue weighted by atomic mass is 19.4. The maximum atomic E-state index is 13.3. The summed E-state index contributed by atoms with van der Waals surface area (Å²) in [5, 5.41) is 0. The van der Waals surface area contributed by atoms with Crippen molar-refractivity contribution in [2.24, 2.45) is 5.73 Å². The molecule has 0 spiro atoms. The fourth-order valence-electron chi connectivity index (χ4n) is 1.92. The van der Waals surface area contributed by atoms with Crippen LogP contribution in [0, 0.1) is 0 Å². The minimum absolute atomic E-state index is 0.162. The molecule has 0 heterocycles. The van der Waals surface area contributed by atoms with Crippen LogP contribution in [-0.4, -0.2) is 12.1 Å². The average molecular weight is 331 g/mol. The van der Waals surface area contributed by atoms with E-state index in [0.29, 0.717) is 0 Å². The Labute approximate surface area is 129 Å². The molecule has 0 amide bonds. The Morgan fingerprint density at radius 1 is 0.913 bits per heavy atom. The maximum absolute atomic E-state index is 13.3. The zero-order valence-corrected chi connectivity index (χ0v) is 11.9. The van der Waals surface area contributed by atoms with Gasteiger partial charge in [-0.15, -0.1) is 0 Å². The summed E-state index contributed by atoms with van der Waals surface area (Å²) in [7, 11) is 0. The van der Waals surface area contributed by atoms with Crippen LogP contribution in [0.3, 0.4) is 0 Å². The van der Waals surface area contributed by atoms with Gasteiger partial charge >= 0.3 is 12.1 Å². The van der Waals surface area contributed by atoms with Crippen LogP contribution in [0.5, 0.6) is 5.75 Å². The van der Waals surface area contributed by atoms with Crippen molar-refractivity contribution in [2.75, 3.05) is 0 Å². The molecule has 0 unspecified atom stereocenters. The Hall–Kier alpha value is -2.15. The summed E-state index contributed by atoms with van der Waals surface area (Å²) in [5.74, 6) is -4.86. The van der Waals surface area contributed by atoms with Crippen molar-refractivity contribution < 1.29 is 26.7 Å². The third-order valence-electron chi connectivity index (χ3n) is 3.23. The highest BCUT2D eigenvalue weighted by Crippen LogP contribution is 2.43. The van der Waals surface area contributed by atoms with Gasteiger partial charge in [0.25, 0.3) is 0 Å². The number of benzene rings is 2. The van der Waals surface area contributed by atoms with Gasteiger partial charge in [-0.2, -0.15) is 22.0 Å². The minimum atomic E-state index is -5.71. The zero-order chi connectivity index (χ0) is 17.1. The number of hydrogen-bond acceptors (Lipinski definition) is 2. The van der Waals surface area contributed by atoms with Crippen LogP contribution in [0.25, 0.3) is 0 Å². The fraction of sp³-hybridized carbons (Fsp3) is 0.250. The topological polar surface area (TPSA) is 35.2 Å². The molecule has 0 bridgehead atoms. The van der Waals surface area contributed by atoms with Gasteiger partial charge in [0.1, 0.15) is 18.4 Å². The van der Waals surface area contributed by atoms with E-state index in [0.717, 1.165) is 17.7 Å². The molecule has 2 aromatic carbocycles. The second-order valence-electron chi connectivity index (χ2n) is 4.95. The van der Waals surface area contributed by atoms with Gasteiger partial charge in [-0.3, -0.25) is 0 Å². The first-order valence-electron chi connectivity index (χ1n) is 6.68. The van der Waals surface area contributed by atoms with Crippen molar-refractivity contribution in [1.82, 2.24) is 0 Å². The van der Waals surface area contributed by atoms with Crippen LogP contribution in [0.4, 0.5) is 22.0 Å². The van der Waals surface area contributed by atoms with Gasteiger partial charge in [-0.25, -0.2) is 0 Å². The van der Waals surface area contributed by atoms with E-state index < -0.39 is 18.1 Å². The monoisotopic (exact) mass is 331 g/mol. The van der Waals surface area contributed by atoms with Gasteiger partial charge in [-0.05, 0) is 23.3 Å². The smallest absolute Gasteiger partial charge is 0.455 e. The molecule has 0 fully saturated rings. The largest absolute Gasteiger partial charge is 0.489 e. The number of rotatable bonds is 5. The Morgan fingerprint density at radius 2 is 1.57 bits per heavy atom. The van der Waals surface area contributed by atoms with Crippen molar-refractivity contribution in [3.8, 4) is 5.75 Å². The Balaban J connectivity index is 2.13. The number of nitrogens with two attached hydrogens (primary N) is 1. The van der Waals surface area contributed by atoms with E-state index in [1.807, 2.05) is 6.07 Å². The third-order valence-corrected chi connectivity index (χ3v) is 3.23. The molecule has 0 saturated heterocycles. The zero-order valence-electron chi connectivity index (χ0n) is 11.9. The quantitative estimate of drug-likeness (QED) is 0.821. The maximum Gasteiger partial charge on any atom is 0.455 e. The number of hydrogen-bond donors (Lipinski definition) is 1. The molecule has 0 radical (unpaired) electrons. The normalized spacial score (nSPS) is 13.7. The molecular weight excluding hydrogens is 317 g/mol. The lowest BCUT2D eigenvalue weighted by atomic mass is 10.0. The summed E-state index contributed by atoms with van der Waals surface area (Å²) in [4.78, 5) is 0. The molecule has 124 valence electrons. The standard InChI is InChI=1S/C16H14F5NO/c17-15(18,16(19,20)21)14(22)12-7-4-8-13(9-12)23-10-11-5-2-1-3-6-11/h1-9,14H,10,22H2/t14-/m0/s1. The highest BCUT2D eigenvalue weighted by Gasteiger charge is 2.61. The van der Waals surface area contributed by atoms with Gasteiger partial charge in [0.15, 0.2) is 0 Å². The lowest BCUT2D eigenvalue weighted by Gasteiger charge is -2.26. The summed E-state index contributed by atoms with van der Waals surface area (Å²) in [6, 6.07) is 11.5. The molecule has 7 heteroatoms. The molecule has 0 aliphatic carbocycles. The van der Waals surface area contributed by atoms with Gasteiger partial charge in [0.2, 0.25) is 0 Å². The van der Waals surface area contributed by atoms with Gasteiger partial charge in [-0.1, -0.05) is 42.5 Å². The lowest BCUT2D eigenvalue weighted by molar-refractivity contribution is -0.291. The van der Waals surface area contributed by atoms with Crippen LogP contribution in [0.1, 0.15) is 17.2 Å². The number of alkyl halides is 5. The average Bonchev–Trinajstić information content (AvgIpc) is 2.52. The summed E-state index contributed by atoms with van der Waals surface area (Å²) in [6.45, 7) is 0.162.